The Morgan fingerprint density at radius 2 is 1.93 bits per heavy atom. The molecule has 2 aliphatic heterocycles. The lowest BCUT2D eigenvalue weighted by Gasteiger charge is -2.36. The van der Waals surface area contributed by atoms with Crippen molar-refractivity contribution >= 4 is 29.9 Å². The Labute approximate surface area is 199 Å². The van der Waals surface area contributed by atoms with E-state index in [0.717, 1.165) is 58.1 Å². The van der Waals surface area contributed by atoms with E-state index >= 15 is 0 Å². The molecule has 2 fully saturated rings. The number of nitrogens with one attached hydrogen (secondary N) is 1. The Morgan fingerprint density at radius 3 is 2.53 bits per heavy atom. The van der Waals surface area contributed by atoms with Crippen LogP contribution in [-0.4, -0.2) is 82.0 Å². The first kappa shape index (κ1) is 25.4. The number of hydrogen-bond acceptors (Lipinski definition) is 4. The van der Waals surface area contributed by atoms with Gasteiger partial charge in [-0.15, -0.1) is 24.0 Å². The summed E-state index contributed by atoms with van der Waals surface area (Å²) >= 11 is 0. The largest absolute Gasteiger partial charge is 0.376 e. The number of halogens is 1. The number of ether oxygens (including phenoxy) is 2. The number of hydrogen-bond donors (Lipinski definition) is 1. The van der Waals surface area contributed by atoms with Crippen molar-refractivity contribution in [3.05, 3.63) is 35.9 Å². The van der Waals surface area contributed by atoms with E-state index in [-0.39, 0.29) is 24.0 Å². The molecule has 30 heavy (non-hydrogen) atoms. The second kappa shape index (κ2) is 13.5. The van der Waals surface area contributed by atoms with Gasteiger partial charge in [0.1, 0.15) is 0 Å². The van der Waals surface area contributed by atoms with Crippen molar-refractivity contribution < 1.29 is 9.47 Å². The Balaban J connectivity index is 0.00000320. The van der Waals surface area contributed by atoms with E-state index in [2.05, 4.69) is 64.5 Å². The molecule has 0 radical (unpaired) electrons. The second-order valence-corrected chi connectivity index (χ2v) is 8.33. The van der Waals surface area contributed by atoms with Gasteiger partial charge in [0.05, 0.1) is 24.9 Å². The lowest BCUT2D eigenvalue weighted by atomic mass is 10.1. The summed E-state index contributed by atoms with van der Waals surface area (Å²) in [6, 6.07) is 11.0. The molecule has 1 N–H and O–H groups in total. The Hall–Kier alpha value is -0.900. The van der Waals surface area contributed by atoms with Crippen LogP contribution in [0.1, 0.15) is 43.7 Å². The fourth-order valence-electron chi connectivity index (χ4n) is 4.21. The molecule has 2 heterocycles. The van der Waals surface area contributed by atoms with E-state index in [1.165, 1.54) is 18.4 Å². The zero-order valence-electron chi connectivity index (χ0n) is 18.8. The number of nitrogens with zero attached hydrogens (tertiary/aromatic N) is 3. The van der Waals surface area contributed by atoms with E-state index in [9.17, 15) is 0 Å². The van der Waals surface area contributed by atoms with Gasteiger partial charge in [-0.1, -0.05) is 30.3 Å². The number of likely N-dealkylation sites (tertiary alicyclic amines) is 1. The standard InChI is InChI=1S/C23H38N4O2.HI/c1-24-23(25-17-22(26(2)3)19-9-5-4-6-10-19)27-14-12-20(13-15-27)29-18-21-11-7-8-16-28-21;/h4-6,9-10,20-22H,7-8,11-18H2,1-3H3,(H,24,25);1H. The van der Waals surface area contributed by atoms with Gasteiger partial charge in [0.25, 0.3) is 0 Å². The molecule has 6 nitrogen and oxygen atoms in total. The first-order chi connectivity index (χ1) is 14.2. The van der Waals surface area contributed by atoms with Crippen LogP contribution in [0, 0.1) is 0 Å². The highest BCUT2D eigenvalue weighted by molar-refractivity contribution is 14.0. The average molecular weight is 530 g/mol. The lowest BCUT2D eigenvalue weighted by Crippen LogP contribution is -2.48. The van der Waals surface area contributed by atoms with Crippen molar-refractivity contribution in [2.24, 2.45) is 4.99 Å². The monoisotopic (exact) mass is 530 g/mol. The van der Waals surface area contributed by atoms with Gasteiger partial charge in [0.15, 0.2) is 5.96 Å². The molecule has 2 saturated heterocycles. The molecule has 0 aromatic heterocycles. The van der Waals surface area contributed by atoms with Crippen molar-refractivity contribution in [2.75, 3.05) is 54.0 Å². The van der Waals surface area contributed by atoms with Gasteiger partial charge in [-0.25, -0.2) is 0 Å². The predicted octanol–water partition coefficient (Wildman–Crippen LogP) is 3.53. The average Bonchev–Trinajstić information content (AvgIpc) is 2.77. The fourth-order valence-corrected chi connectivity index (χ4v) is 4.21. The molecule has 2 atom stereocenters. The molecule has 1 aromatic carbocycles. The van der Waals surface area contributed by atoms with Crippen LogP contribution in [0.2, 0.25) is 0 Å². The van der Waals surface area contributed by atoms with Crippen molar-refractivity contribution in [3.63, 3.8) is 0 Å². The highest BCUT2D eigenvalue weighted by Crippen LogP contribution is 2.19. The minimum absolute atomic E-state index is 0. The van der Waals surface area contributed by atoms with Gasteiger partial charge in [0.2, 0.25) is 0 Å². The third kappa shape index (κ3) is 7.66. The maximum absolute atomic E-state index is 6.15. The van der Waals surface area contributed by atoms with Crippen LogP contribution >= 0.6 is 24.0 Å². The second-order valence-electron chi connectivity index (χ2n) is 8.33. The Bertz CT molecular complexity index is 615. The molecular formula is C23H39IN4O2. The maximum Gasteiger partial charge on any atom is 0.193 e. The summed E-state index contributed by atoms with van der Waals surface area (Å²) in [6.45, 7) is 4.44. The van der Waals surface area contributed by atoms with Gasteiger partial charge in [-0.2, -0.15) is 0 Å². The van der Waals surface area contributed by atoms with Crippen molar-refractivity contribution in [1.82, 2.24) is 15.1 Å². The van der Waals surface area contributed by atoms with E-state index in [0.29, 0.717) is 18.2 Å². The molecule has 0 spiro atoms. The number of aliphatic imine (C=N–C) groups is 1. The number of guanidine groups is 1. The molecule has 2 unspecified atom stereocenters. The van der Waals surface area contributed by atoms with Crippen molar-refractivity contribution in [3.8, 4) is 0 Å². The van der Waals surface area contributed by atoms with Crippen molar-refractivity contribution in [2.45, 2.75) is 50.4 Å². The molecule has 3 rings (SSSR count). The molecule has 0 aliphatic carbocycles. The summed E-state index contributed by atoms with van der Waals surface area (Å²) in [4.78, 5) is 9.14. The Kier molecular flexibility index (Phi) is 11.4. The molecule has 7 heteroatoms. The van der Waals surface area contributed by atoms with Crippen LogP contribution in [-0.2, 0) is 9.47 Å². The van der Waals surface area contributed by atoms with Crippen molar-refractivity contribution in [1.29, 1.82) is 0 Å². The number of likely N-dealkylation sites (N-methyl/N-ethyl adjacent to an activating group) is 1. The topological polar surface area (TPSA) is 49.3 Å². The highest BCUT2D eigenvalue weighted by atomic mass is 127. The third-order valence-corrected chi connectivity index (χ3v) is 6.01. The zero-order chi connectivity index (χ0) is 20.5. The van der Waals surface area contributed by atoms with Gasteiger partial charge in [0, 0.05) is 33.3 Å². The van der Waals surface area contributed by atoms with Crippen LogP contribution in [0.15, 0.2) is 35.3 Å². The molecule has 170 valence electrons. The normalized spacial score (nSPS) is 21.9. The SMILES string of the molecule is CN=C(NCC(c1ccccc1)N(C)C)N1CCC(OCC2CCCCO2)CC1.I. The van der Waals surface area contributed by atoms with Crippen LogP contribution in [0.25, 0.3) is 0 Å². The minimum atomic E-state index is 0. The van der Waals surface area contributed by atoms with Crippen LogP contribution in [0.4, 0.5) is 0 Å². The van der Waals surface area contributed by atoms with E-state index < -0.39 is 0 Å². The fraction of sp³-hybridized carbons (Fsp3) is 0.696. The van der Waals surface area contributed by atoms with Gasteiger partial charge < -0.3 is 24.6 Å². The molecule has 1 aromatic rings. The summed E-state index contributed by atoms with van der Waals surface area (Å²) < 4.78 is 11.9. The summed E-state index contributed by atoms with van der Waals surface area (Å²) in [6.07, 6.45) is 6.34. The van der Waals surface area contributed by atoms with Crippen LogP contribution in [0.3, 0.4) is 0 Å². The predicted molar refractivity (Wildman–Crippen MR) is 134 cm³/mol. The smallest absolute Gasteiger partial charge is 0.193 e. The number of benzene rings is 1. The molecule has 0 bridgehead atoms. The van der Waals surface area contributed by atoms with E-state index in [1.807, 2.05) is 7.05 Å². The summed E-state index contributed by atoms with van der Waals surface area (Å²) in [5.41, 5.74) is 1.32. The maximum atomic E-state index is 6.15. The van der Waals surface area contributed by atoms with Crippen LogP contribution < -0.4 is 5.32 Å². The minimum Gasteiger partial charge on any atom is -0.376 e. The Morgan fingerprint density at radius 1 is 1.20 bits per heavy atom. The van der Waals surface area contributed by atoms with Gasteiger partial charge in [-0.05, 0) is 51.8 Å². The first-order valence-corrected chi connectivity index (χ1v) is 11.1. The molecule has 2 aliphatic rings. The highest BCUT2D eigenvalue weighted by Gasteiger charge is 2.24. The molecular weight excluding hydrogens is 491 g/mol. The third-order valence-electron chi connectivity index (χ3n) is 6.01. The van der Waals surface area contributed by atoms with Crippen LogP contribution in [0.5, 0.6) is 0 Å². The summed E-state index contributed by atoms with van der Waals surface area (Å²) in [5.74, 6) is 0.988. The van der Waals surface area contributed by atoms with Gasteiger partial charge in [-0.3, -0.25) is 4.99 Å². The molecule has 0 amide bonds. The summed E-state index contributed by atoms with van der Waals surface area (Å²) in [5, 5.41) is 3.59. The van der Waals surface area contributed by atoms with Gasteiger partial charge >= 0.3 is 0 Å². The number of rotatable bonds is 7. The number of piperidine rings is 1. The quantitative estimate of drug-likeness (QED) is 0.332. The van der Waals surface area contributed by atoms with E-state index in [4.69, 9.17) is 9.47 Å². The zero-order valence-corrected chi connectivity index (χ0v) is 21.1. The molecule has 0 saturated carbocycles. The van der Waals surface area contributed by atoms with E-state index in [1.54, 1.807) is 0 Å². The first-order valence-electron chi connectivity index (χ1n) is 11.1. The summed E-state index contributed by atoms with van der Waals surface area (Å²) in [7, 11) is 6.13. The lowest BCUT2D eigenvalue weighted by molar-refractivity contribution is -0.0721.